The van der Waals surface area contributed by atoms with E-state index in [-0.39, 0.29) is 25.7 Å². The Balaban J connectivity index is 5.26. The van der Waals surface area contributed by atoms with Crippen LogP contribution < -0.4 is 0 Å². The Labute approximate surface area is 543 Å². The molecular formula is C70H136O17P2. The number of hydrogen-bond donors (Lipinski definition) is 3. The molecule has 5 atom stereocenters. The molecule has 17 nitrogen and oxygen atoms in total. The van der Waals surface area contributed by atoms with Gasteiger partial charge in [0.15, 0.2) is 12.2 Å². The van der Waals surface area contributed by atoms with E-state index in [9.17, 15) is 43.2 Å². The van der Waals surface area contributed by atoms with E-state index in [1.807, 2.05) is 0 Å². The number of phosphoric acid groups is 2. The zero-order chi connectivity index (χ0) is 65.7. The summed E-state index contributed by atoms with van der Waals surface area (Å²) in [5.74, 6) is -0.660. The van der Waals surface area contributed by atoms with Crippen LogP contribution in [0.15, 0.2) is 0 Å². The zero-order valence-corrected chi connectivity index (χ0v) is 59.5. The van der Waals surface area contributed by atoms with Crippen molar-refractivity contribution in [3.8, 4) is 0 Å². The third-order valence-corrected chi connectivity index (χ3v) is 18.1. The van der Waals surface area contributed by atoms with E-state index in [1.54, 1.807) is 0 Å². The number of aliphatic hydroxyl groups excluding tert-OH is 1. The lowest BCUT2D eigenvalue weighted by molar-refractivity contribution is -0.161. The van der Waals surface area contributed by atoms with Gasteiger partial charge in [-0.05, 0) is 37.5 Å². The predicted molar refractivity (Wildman–Crippen MR) is 358 cm³/mol. The highest BCUT2D eigenvalue weighted by Gasteiger charge is 2.30. The maximum absolute atomic E-state index is 13.0. The van der Waals surface area contributed by atoms with Gasteiger partial charge in [0.2, 0.25) is 0 Å². The number of rotatable bonds is 69. The second-order valence-electron chi connectivity index (χ2n) is 26.2. The van der Waals surface area contributed by atoms with Crippen molar-refractivity contribution < 1.29 is 80.2 Å². The van der Waals surface area contributed by atoms with Gasteiger partial charge in [0.05, 0.1) is 26.4 Å². The lowest BCUT2D eigenvalue weighted by Crippen LogP contribution is -2.30. The monoisotopic (exact) mass is 1310 g/mol. The Morgan fingerprint density at radius 3 is 0.764 bits per heavy atom. The van der Waals surface area contributed by atoms with Gasteiger partial charge >= 0.3 is 39.5 Å². The number of carbonyl (C=O) groups is 4. The van der Waals surface area contributed by atoms with Gasteiger partial charge in [0.1, 0.15) is 19.3 Å². The minimum atomic E-state index is -4.95. The van der Waals surface area contributed by atoms with Gasteiger partial charge < -0.3 is 33.8 Å². The summed E-state index contributed by atoms with van der Waals surface area (Å²) in [6.07, 6.45) is 47.1. The fourth-order valence-corrected chi connectivity index (χ4v) is 12.2. The molecule has 0 saturated heterocycles. The van der Waals surface area contributed by atoms with Gasteiger partial charge in [0.25, 0.3) is 0 Å². The first-order valence-corrected chi connectivity index (χ1v) is 39.5. The van der Waals surface area contributed by atoms with Crippen LogP contribution in [0.5, 0.6) is 0 Å². The average molecular weight is 1310 g/mol. The van der Waals surface area contributed by atoms with Crippen LogP contribution in [-0.2, 0) is 65.4 Å². The number of ether oxygens (including phenoxy) is 4. The molecule has 0 radical (unpaired) electrons. The highest BCUT2D eigenvalue weighted by Crippen LogP contribution is 2.45. The van der Waals surface area contributed by atoms with Gasteiger partial charge in [-0.1, -0.05) is 305 Å². The van der Waals surface area contributed by atoms with Gasteiger partial charge in [-0.15, -0.1) is 0 Å². The number of aliphatic hydroxyl groups is 1. The molecule has 0 bridgehead atoms. The van der Waals surface area contributed by atoms with Crippen LogP contribution in [0.1, 0.15) is 356 Å². The molecule has 528 valence electrons. The van der Waals surface area contributed by atoms with Gasteiger partial charge in [-0.25, -0.2) is 9.13 Å². The Hall–Kier alpha value is -1.94. The summed E-state index contributed by atoms with van der Waals surface area (Å²) >= 11 is 0. The van der Waals surface area contributed by atoms with Crippen LogP contribution in [0, 0.1) is 11.8 Å². The average Bonchev–Trinajstić information content (AvgIpc) is 3.55. The largest absolute Gasteiger partial charge is 0.472 e. The smallest absolute Gasteiger partial charge is 0.462 e. The molecule has 2 unspecified atom stereocenters. The molecule has 0 aromatic rings. The van der Waals surface area contributed by atoms with Crippen molar-refractivity contribution in [3.63, 3.8) is 0 Å². The zero-order valence-electron chi connectivity index (χ0n) is 57.7. The third-order valence-electron chi connectivity index (χ3n) is 16.2. The molecule has 89 heavy (non-hydrogen) atoms. The summed E-state index contributed by atoms with van der Waals surface area (Å²) in [6.45, 7) is 9.50. The summed E-state index contributed by atoms with van der Waals surface area (Å²) in [4.78, 5) is 72.5. The normalized spacial score (nSPS) is 14.1. The molecule has 0 saturated carbocycles. The minimum absolute atomic E-state index is 0.105. The first-order chi connectivity index (χ1) is 42.9. The SMILES string of the molecule is CCCCCCCCCCCCCCCC(=O)OC[C@H](COP(=O)(O)OC[C@@H](O)COP(=O)(O)OC[C@@H](COC(=O)CCCCCCCCCCC(C)C)OC(=O)CCCCCCCCCCCC(C)C)OC(=O)CCCCCCCCCCCCCCC. The molecule has 0 aromatic carbocycles. The molecule has 0 rings (SSSR count). The third kappa shape index (κ3) is 64.6. The van der Waals surface area contributed by atoms with E-state index < -0.39 is 97.5 Å². The molecular weight excluding hydrogens is 1170 g/mol. The molecule has 0 aliphatic rings. The number of esters is 4. The maximum Gasteiger partial charge on any atom is 0.472 e. The van der Waals surface area contributed by atoms with Gasteiger partial charge in [0, 0.05) is 25.7 Å². The summed E-state index contributed by atoms with van der Waals surface area (Å²) < 4.78 is 68.3. The number of phosphoric ester groups is 2. The summed E-state index contributed by atoms with van der Waals surface area (Å²) in [6, 6.07) is 0. The maximum atomic E-state index is 13.0. The Morgan fingerprint density at radius 2 is 0.517 bits per heavy atom. The first-order valence-electron chi connectivity index (χ1n) is 36.5. The number of carbonyl (C=O) groups excluding carboxylic acids is 4. The van der Waals surface area contributed by atoms with E-state index in [0.29, 0.717) is 25.7 Å². The number of hydrogen-bond acceptors (Lipinski definition) is 15. The quantitative estimate of drug-likeness (QED) is 0.0222. The Kier molecular flexibility index (Phi) is 60.8. The fraction of sp³-hybridized carbons (Fsp3) is 0.943. The molecule has 0 aliphatic heterocycles. The van der Waals surface area contributed by atoms with Crippen LogP contribution in [0.2, 0.25) is 0 Å². The van der Waals surface area contributed by atoms with Crippen molar-refractivity contribution in [2.75, 3.05) is 39.6 Å². The van der Waals surface area contributed by atoms with Crippen LogP contribution in [0.25, 0.3) is 0 Å². The highest BCUT2D eigenvalue weighted by atomic mass is 31.2. The van der Waals surface area contributed by atoms with E-state index in [2.05, 4.69) is 41.5 Å². The van der Waals surface area contributed by atoms with Gasteiger partial charge in [-0.2, -0.15) is 0 Å². The lowest BCUT2D eigenvalue weighted by Gasteiger charge is -2.21. The summed E-state index contributed by atoms with van der Waals surface area (Å²) in [5.41, 5.74) is 0. The van der Waals surface area contributed by atoms with E-state index >= 15 is 0 Å². The molecule has 19 heteroatoms. The predicted octanol–water partition coefficient (Wildman–Crippen LogP) is 20.0. The Bertz CT molecular complexity index is 1730. The summed E-state index contributed by atoms with van der Waals surface area (Å²) in [7, 11) is -9.90. The van der Waals surface area contributed by atoms with Crippen molar-refractivity contribution in [2.45, 2.75) is 374 Å². The van der Waals surface area contributed by atoms with Crippen LogP contribution in [0.4, 0.5) is 0 Å². The molecule has 0 amide bonds. The second-order valence-corrected chi connectivity index (χ2v) is 29.1. The second kappa shape index (κ2) is 62.2. The van der Waals surface area contributed by atoms with Crippen molar-refractivity contribution in [2.24, 2.45) is 11.8 Å². The summed E-state index contributed by atoms with van der Waals surface area (Å²) in [5, 5.41) is 10.6. The van der Waals surface area contributed by atoms with Crippen LogP contribution >= 0.6 is 15.6 Å². The van der Waals surface area contributed by atoms with Crippen molar-refractivity contribution >= 4 is 39.5 Å². The minimum Gasteiger partial charge on any atom is -0.462 e. The molecule has 0 heterocycles. The van der Waals surface area contributed by atoms with E-state index in [4.69, 9.17) is 37.0 Å². The fourth-order valence-electron chi connectivity index (χ4n) is 10.6. The molecule has 0 fully saturated rings. The highest BCUT2D eigenvalue weighted by molar-refractivity contribution is 7.47. The number of unbranched alkanes of at least 4 members (excludes halogenated alkanes) is 39. The first kappa shape index (κ1) is 87.1. The van der Waals surface area contributed by atoms with E-state index in [0.717, 1.165) is 102 Å². The molecule has 3 N–H and O–H groups in total. The topological polar surface area (TPSA) is 237 Å². The molecule has 0 aromatic heterocycles. The van der Waals surface area contributed by atoms with E-state index in [1.165, 1.54) is 173 Å². The van der Waals surface area contributed by atoms with Crippen LogP contribution in [0.3, 0.4) is 0 Å². The van der Waals surface area contributed by atoms with Crippen molar-refractivity contribution in [3.05, 3.63) is 0 Å². The van der Waals surface area contributed by atoms with Crippen LogP contribution in [-0.4, -0.2) is 96.7 Å². The standard InChI is InChI=1S/C70H136O17P2/c1-7-9-11-13-15-17-19-21-23-27-34-40-46-52-67(72)80-58-65(86-69(74)54-48-42-36-28-24-22-20-18-16-14-12-10-8-2)60-84-88(76,77)82-56-64(71)57-83-89(78,79)85-61-66(59-81-68(73)53-47-41-35-31-30-33-39-45-51-63(5)6)87-70(75)55-49-43-37-29-25-26-32-38-44-50-62(3)4/h62-66,71H,7-61H2,1-6H3,(H,76,77)(H,78,79)/t64-,65-,66-/m1/s1. The van der Waals surface area contributed by atoms with Crippen molar-refractivity contribution in [1.82, 2.24) is 0 Å². The van der Waals surface area contributed by atoms with Crippen molar-refractivity contribution in [1.29, 1.82) is 0 Å². The Morgan fingerprint density at radius 1 is 0.303 bits per heavy atom. The molecule has 0 aliphatic carbocycles. The van der Waals surface area contributed by atoms with Gasteiger partial charge in [-0.3, -0.25) is 37.3 Å². The lowest BCUT2D eigenvalue weighted by atomic mass is 10.0. The molecule has 0 spiro atoms.